The molecule has 1 unspecified atom stereocenters. The quantitative estimate of drug-likeness (QED) is 0.639. The third-order valence-corrected chi connectivity index (χ3v) is 6.69. The van der Waals surface area contributed by atoms with Crippen molar-refractivity contribution >= 4 is 23.2 Å². The maximum Gasteiger partial charge on any atom is 0.222 e. The fourth-order valence-corrected chi connectivity index (χ4v) is 4.88. The molecule has 1 aliphatic rings. The van der Waals surface area contributed by atoms with Crippen molar-refractivity contribution in [3.63, 3.8) is 0 Å². The predicted molar refractivity (Wildman–Crippen MR) is 119 cm³/mol. The van der Waals surface area contributed by atoms with E-state index >= 15 is 0 Å². The summed E-state index contributed by atoms with van der Waals surface area (Å²) in [5.74, 6) is 0.140. The van der Waals surface area contributed by atoms with Gasteiger partial charge in [-0.15, -0.1) is 11.3 Å². The van der Waals surface area contributed by atoms with Crippen molar-refractivity contribution in [1.29, 1.82) is 0 Å². The Bertz CT molecular complexity index is 812. The van der Waals surface area contributed by atoms with Crippen molar-refractivity contribution in [3.8, 4) is 0 Å². The Balaban J connectivity index is 1.64. The molecule has 0 saturated carbocycles. The van der Waals surface area contributed by atoms with Gasteiger partial charge in [-0.05, 0) is 74.1 Å². The third-order valence-electron chi connectivity index (χ3n) is 5.75. The van der Waals surface area contributed by atoms with E-state index in [9.17, 15) is 9.59 Å². The summed E-state index contributed by atoms with van der Waals surface area (Å²) in [6.45, 7) is 5.41. The van der Waals surface area contributed by atoms with E-state index in [1.165, 1.54) is 24.0 Å². The van der Waals surface area contributed by atoms with Gasteiger partial charge in [-0.25, -0.2) is 0 Å². The molecule has 3 rings (SSSR count). The Morgan fingerprint density at radius 3 is 2.52 bits per heavy atom. The number of benzene rings is 1. The zero-order valence-electron chi connectivity index (χ0n) is 17.6. The van der Waals surface area contributed by atoms with Gasteiger partial charge in [0.15, 0.2) is 0 Å². The van der Waals surface area contributed by atoms with Gasteiger partial charge >= 0.3 is 0 Å². The minimum atomic E-state index is -0.117. The fourth-order valence-electron chi connectivity index (χ4n) is 4.07. The lowest BCUT2D eigenvalue weighted by Crippen LogP contribution is -2.31. The second-order valence-corrected chi connectivity index (χ2v) is 8.65. The van der Waals surface area contributed by atoms with Crippen molar-refractivity contribution in [2.75, 3.05) is 13.1 Å². The second kappa shape index (κ2) is 10.6. The zero-order chi connectivity index (χ0) is 20.6. The summed E-state index contributed by atoms with van der Waals surface area (Å²) in [5.41, 5.74) is 4.03. The molecule has 2 aromatic rings. The first-order valence-electron chi connectivity index (χ1n) is 10.8. The van der Waals surface area contributed by atoms with E-state index in [2.05, 4.69) is 35.0 Å². The van der Waals surface area contributed by atoms with E-state index < -0.39 is 0 Å². The average molecular weight is 413 g/mol. The smallest absolute Gasteiger partial charge is 0.222 e. The number of aryl methyl sites for hydroxylation is 2. The molecule has 1 aromatic carbocycles. The Morgan fingerprint density at radius 1 is 1.07 bits per heavy atom. The maximum atomic E-state index is 12.7. The number of rotatable bonds is 9. The van der Waals surface area contributed by atoms with Crippen LogP contribution in [-0.4, -0.2) is 29.8 Å². The monoisotopic (exact) mass is 412 g/mol. The van der Waals surface area contributed by atoms with Gasteiger partial charge in [0.25, 0.3) is 0 Å². The van der Waals surface area contributed by atoms with Crippen LogP contribution in [0.25, 0.3) is 0 Å². The highest BCUT2D eigenvalue weighted by atomic mass is 32.1. The number of hydrogen-bond donors (Lipinski definition) is 1. The van der Waals surface area contributed by atoms with Gasteiger partial charge < -0.3 is 10.2 Å². The molecule has 1 N–H and O–H groups in total. The highest BCUT2D eigenvalue weighted by Crippen LogP contribution is 2.30. The number of fused-ring (bicyclic) bond motifs is 1. The van der Waals surface area contributed by atoms with Crippen LogP contribution >= 0.6 is 11.3 Å². The lowest BCUT2D eigenvalue weighted by Gasteiger charge is -2.22. The molecule has 4 nitrogen and oxygen atoms in total. The summed E-state index contributed by atoms with van der Waals surface area (Å²) in [5, 5.41) is 5.27. The first-order chi connectivity index (χ1) is 14.1. The molecule has 156 valence electrons. The summed E-state index contributed by atoms with van der Waals surface area (Å²) < 4.78 is 0. The molecule has 1 heterocycles. The van der Waals surface area contributed by atoms with Gasteiger partial charge in [-0.1, -0.05) is 24.3 Å². The Kier molecular flexibility index (Phi) is 7.87. The Labute approximate surface area is 178 Å². The molecular formula is C24H32N2O2S. The van der Waals surface area contributed by atoms with Crippen molar-refractivity contribution in [3.05, 3.63) is 57.3 Å². The van der Waals surface area contributed by atoms with E-state index in [1.807, 2.05) is 24.8 Å². The average Bonchev–Trinajstić information content (AvgIpc) is 3.27. The van der Waals surface area contributed by atoms with Crippen LogP contribution in [0.2, 0.25) is 0 Å². The number of carbonyl (C=O) groups is 2. The molecule has 1 aliphatic carbocycles. The van der Waals surface area contributed by atoms with Crippen LogP contribution in [0.3, 0.4) is 0 Å². The third kappa shape index (κ3) is 5.69. The number of carbonyl (C=O) groups excluding carboxylic acids is 2. The van der Waals surface area contributed by atoms with Gasteiger partial charge in [0.1, 0.15) is 0 Å². The Morgan fingerprint density at radius 2 is 1.83 bits per heavy atom. The molecule has 0 radical (unpaired) electrons. The molecule has 29 heavy (non-hydrogen) atoms. The second-order valence-electron chi connectivity index (χ2n) is 7.67. The van der Waals surface area contributed by atoms with Gasteiger partial charge in [0.2, 0.25) is 11.8 Å². The largest absolute Gasteiger partial charge is 0.344 e. The van der Waals surface area contributed by atoms with E-state index in [0.717, 1.165) is 36.4 Å². The van der Waals surface area contributed by atoms with Crippen molar-refractivity contribution in [2.45, 2.75) is 64.8 Å². The van der Waals surface area contributed by atoms with Crippen molar-refractivity contribution in [2.24, 2.45) is 0 Å². The SMILES string of the molecule is CCN(CC)C(=O)CCCC(=O)NC(c1ccc2c(c1)CCCC2)c1cccs1. The number of hydrogen-bond acceptors (Lipinski definition) is 3. The lowest BCUT2D eigenvalue weighted by atomic mass is 9.89. The molecule has 2 amide bonds. The molecule has 0 aliphatic heterocycles. The van der Waals surface area contributed by atoms with Crippen molar-refractivity contribution in [1.82, 2.24) is 10.2 Å². The van der Waals surface area contributed by atoms with Crippen molar-refractivity contribution < 1.29 is 9.59 Å². The molecular weight excluding hydrogens is 380 g/mol. The van der Waals surface area contributed by atoms with E-state index in [4.69, 9.17) is 0 Å². The van der Waals surface area contributed by atoms with E-state index in [1.54, 1.807) is 11.3 Å². The first kappa shape index (κ1) is 21.6. The minimum absolute atomic E-state index is 0.00784. The van der Waals surface area contributed by atoms with Crippen LogP contribution in [0, 0.1) is 0 Å². The zero-order valence-corrected chi connectivity index (χ0v) is 18.4. The van der Waals surface area contributed by atoms with E-state index in [-0.39, 0.29) is 17.9 Å². The van der Waals surface area contributed by atoms with Crippen LogP contribution in [0.5, 0.6) is 0 Å². The summed E-state index contributed by atoms with van der Waals surface area (Å²) in [4.78, 5) is 27.8. The summed E-state index contributed by atoms with van der Waals surface area (Å²) >= 11 is 1.67. The van der Waals surface area contributed by atoms with Gasteiger partial charge in [0, 0.05) is 30.8 Å². The van der Waals surface area contributed by atoms with Gasteiger partial charge in [0.05, 0.1) is 6.04 Å². The molecule has 1 aromatic heterocycles. The van der Waals surface area contributed by atoms with E-state index in [0.29, 0.717) is 19.3 Å². The highest BCUT2D eigenvalue weighted by Gasteiger charge is 2.20. The summed E-state index contributed by atoms with van der Waals surface area (Å²) in [6, 6.07) is 10.7. The molecule has 0 fully saturated rings. The number of thiophene rings is 1. The predicted octanol–water partition coefficient (Wildman–Crippen LogP) is 4.87. The fraction of sp³-hybridized carbons (Fsp3) is 0.500. The normalized spacial score (nSPS) is 14.1. The van der Waals surface area contributed by atoms with Crippen LogP contribution in [0.4, 0.5) is 0 Å². The number of amides is 2. The van der Waals surface area contributed by atoms with Crippen LogP contribution in [0.15, 0.2) is 35.7 Å². The Hall–Kier alpha value is -2.14. The number of nitrogens with zero attached hydrogens (tertiary/aromatic N) is 1. The van der Waals surface area contributed by atoms with Crippen LogP contribution < -0.4 is 5.32 Å². The van der Waals surface area contributed by atoms with Crippen LogP contribution in [-0.2, 0) is 22.4 Å². The van der Waals surface area contributed by atoms with Gasteiger partial charge in [-0.2, -0.15) is 0 Å². The topological polar surface area (TPSA) is 49.4 Å². The summed E-state index contributed by atoms with van der Waals surface area (Å²) in [6.07, 6.45) is 6.19. The maximum absolute atomic E-state index is 12.7. The molecule has 0 spiro atoms. The standard InChI is InChI=1S/C24H32N2O2S/c1-3-26(4-2)23(28)13-7-12-22(27)25-24(21-11-8-16-29-21)20-15-14-18-9-5-6-10-19(18)17-20/h8,11,14-17,24H,3-7,9-10,12-13H2,1-2H3,(H,25,27). The molecule has 0 bridgehead atoms. The molecule has 1 atom stereocenters. The molecule has 0 saturated heterocycles. The first-order valence-corrected chi connectivity index (χ1v) is 11.7. The number of nitrogens with one attached hydrogen (secondary N) is 1. The van der Waals surface area contributed by atoms with Gasteiger partial charge in [-0.3, -0.25) is 9.59 Å². The highest BCUT2D eigenvalue weighted by molar-refractivity contribution is 7.10. The summed E-state index contributed by atoms with van der Waals surface area (Å²) in [7, 11) is 0. The van der Waals surface area contributed by atoms with Crippen LogP contribution in [0.1, 0.15) is 73.6 Å². The minimum Gasteiger partial charge on any atom is -0.344 e. The lowest BCUT2D eigenvalue weighted by molar-refractivity contribution is -0.131. The molecule has 5 heteroatoms.